The van der Waals surface area contributed by atoms with Gasteiger partial charge in [-0.2, -0.15) is 0 Å². The fourth-order valence-corrected chi connectivity index (χ4v) is 1.79. The molecule has 0 aliphatic rings. The number of nitrogens with two attached hydrogens (primary N) is 1. The standard InChI is InChI=1S/C14H23N3O3/c1-3-17(8-10-19-2)9-11-20-13-7-5-4-6-12(13)14(18)16-15/h4-7H,3,8-11,15H2,1-2H3,(H,16,18). The third-order valence-electron chi connectivity index (χ3n) is 2.99. The Morgan fingerprint density at radius 1 is 1.30 bits per heavy atom. The molecule has 0 bridgehead atoms. The Hall–Kier alpha value is -1.63. The molecule has 0 unspecified atom stereocenters. The first kappa shape index (κ1) is 16.4. The van der Waals surface area contributed by atoms with Crippen LogP contribution in [0.25, 0.3) is 0 Å². The Labute approximate surface area is 119 Å². The van der Waals surface area contributed by atoms with E-state index in [1.807, 2.05) is 6.07 Å². The lowest BCUT2D eigenvalue weighted by Crippen LogP contribution is -2.32. The van der Waals surface area contributed by atoms with E-state index in [9.17, 15) is 4.79 Å². The maximum atomic E-state index is 11.6. The minimum atomic E-state index is -0.354. The number of hydrogen-bond acceptors (Lipinski definition) is 5. The maximum Gasteiger partial charge on any atom is 0.268 e. The smallest absolute Gasteiger partial charge is 0.268 e. The molecule has 0 radical (unpaired) electrons. The van der Waals surface area contributed by atoms with Crippen LogP contribution in [0.5, 0.6) is 5.75 Å². The topological polar surface area (TPSA) is 76.8 Å². The van der Waals surface area contributed by atoms with Crippen LogP contribution in [-0.4, -0.2) is 50.8 Å². The fourth-order valence-electron chi connectivity index (χ4n) is 1.79. The molecule has 6 heteroatoms. The molecule has 0 spiro atoms. The fraction of sp³-hybridized carbons (Fsp3) is 0.500. The minimum Gasteiger partial charge on any atom is -0.491 e. The lowest BCUT2D eigenvalue weighted by atomic mass is 10.2. The van der Waals surface area contributed by atoms with Gasteiger partial charge in [0.05, 0.1) is 12.2 Å². The highest BCUT2D eigenvalue weighted by Gasteiger charge is 2.10. The van der Waals surface area contributed by atoms with Crippen molar-refractivity contribution in [3.05, 3.63) is 29.8 Å². The summed E-state index contributed by atoms with van der Waals surface area (Å²) in [6.07, 6.45) is 0. The Kier molecular flexibility index (Phi) is 7.64. The summed E-state index contributed by atoms with van der Waals surface area (Å²) in [5.74, 6) is 5.33. The Morgan fingerprint density at radius 2 is 2.00 bits per heavy atom. The Balaban J connectivity index is 2.51. The number of carbonyl (C=O) groups is 1. The van der Waals surface area contributed by atoms with Crippen molar-refractivity contribution in [2.45, 2.75) is 6.92 Å². The van der Waals surface area contributed by atoms with Gasteiger partial charge in [0.2, 0.25) is 0 Å². The summed E-state index contributed by atoms with van der Waals surface area (Å²) < 4.78 is 10.7. The molecular weight excluding hydrogens is 258 g/mol. The van der Waals surface area contributed by atoms with Gasteiger partial charge < -0.3 is 9.47 Å². The Bertz CT molecular complexity index is 412. The highest BCUT2D eigenvalue weighted by atomic mass is 16.5. The van der Waals surface area contributed by atoms with Crippen molar-refractivity contribution in [2.24, 2.45) is 5.84 Å². The number of likely N-dealkylation sites (N-methyl/N-ethyl adjacent to an activating group) is 1. The van der Waals surface area contributed by atoms with Crippen LogP contribution in [0.3, 0.4) is 0 Å². The summed E-state index contributed by atoms with van der Waals surface area (Å²) in [6.45, 7) is 5.86. The second kappa shape index (κ2) is 9.30. The molecular formula is C14H23N3O3. The number of nitrogen functional groups attached to an aromatic ring is 1. The van der Waals surface area contributed by atoms with Crippen LogP contribution in [0.15, 0.2) is 24.3 Å². The van der Waals surface area contributed by atoms with Crippen LogP contribution in [0.1, 0.15) is 17.3 Å². The number of nitrogens with one attached hydrogen (secondary N) is 1. The number of nitrogens with zero attached hydrogens (tertiary/aromatic N) is 1. The lowest BCUT2D eigenvalue weighted by Gasteiger charge is -2.20. The van der Waals surface area contributed by atoms with Crippen LogP contribution in [0.4, 0.5) is 0 Å². The van der Waals surface area contributed by atoms with Gasteiger partial charge in [-0.3, -0.25) is 15.1 Å². The van der Waals surface area contributed by atoms with Crippen molar-refractivity contribution in [1.29, 1.82) is 0 Å². The number of carbonyl (C=O) groups excluding carboxylic acids is 1. The van der Waals surface area contributed by atoms with Crippen molar-refractivity contribution >= 4 is 5.91 Å². The van der Waals surface area contributed by atoms with E-state index >= 15 is 0 Å². The van der Waals surface area contributed by atoms with Gasteiger partial charge in [-0.05, 0) is 18.7 Å². The zero-order chi connectivity index (χ0) is 14.8. The molecule has 1 amide bonds. The van der Waals surface area contributed by atoms with Crippen molar-refractivity contribution in [3.8, 4) is 5.75 Å². The van der Waals surface area contributed by atoms with E-state index in [-0.39, 0.29) is 5.91 Å². The third kappa shape index (κ3) is 5.16. The molecule has 3 N–H and O–H groups in total. The largest absolute Gasteiger partial charge is 0.491 e. The minimum absolute atomic E-state index is 0.354. The molecule has 6 nitrogen and oxygen atoms in total. The number of amides is 1. The van der Waals surface area contributed by atoms with Gasteiger partial charge in [0, 0.05) is 20.2 Å². The van der Waals surface area contributed by atoms with Crippen molar-refractivity contribution in [3.63, 3.8) is 0 Å². The van der Waals surface area contributed by atoms with Gasteiger partial charge >= 0.3 is 0 Å². The second-order valence-corrected chi connectivity index (χ2v) is 4.25. The predicted octanol–water partition coefficient (Wildman–Crippen LogP) is 0.637. The first-order valence-corrected chi connectivity index (χ1v) is 6.67. The normalized spacial score (nSPS) is 10.6. The van der Waals surface area contributed by atoms with Crippen LogP contribution < -0.4 is 16.0 Å². The van der Waals surface area contributed by atoms with Crippen molar-refractivity contribution in [1.82, 2.24) is 10.3 Å². The van der Waals surface area contributed by atoms with E-state index in [0.717, 1.165) is 19.6 Å². The number of rotatable bonds is 9. The molecule has 112 valence electrons. The molecule has 0 fully saturated rings. The van der Waals surface area contributed by atoms with E-state index < -0.39 is 0 Å². The molecule has 0 saturated heterocycles. The first-order chi connectivity index (χ1) is 9.72. The van der Waals surface area contributed by atoms with Crippen molar-refractivity contribution < 1.29 is 14.3 Å². The Morgan fingerprint density at radius 3 is 2.65 bits per heavy atom. The monoisotopic (exact) mass is 281 g/mol. The molecule has 0 saturated carbocycles. The molecule has 0 aliphatic carbocycles. The van der Waals surface area contributed by atoms with Gasteiger partial charge in [-0.1, -0.05) is 19.1 Å². The van der Waals surface area contributed by atoms with Crippen LogP contribution >= 0.6 is 0 Å². The highest BCUT2D eigenvalue weighted by molar-refractivity contribution is 5.96. The van der Waals surface area contributed by atoms with E-state index in [2.05, 4.69) is 17.2 Å². The number of hydrogen-bond donors (Lipinski definition) is 2. The van der Waals surface area contributed by atoms with Crippen LogP contribution in [-0.2, 0) is 4.74 Å². The molecule has 1 rings (SSSR count). The van der Waals surface area contributed by atoms with Gasteiger partial charge in [0.25, 0.3) is 5.91 Å². The summed E-state index contributed by atoms with van der Waals surface area (Å²) in [7, 11) is 1.69. The van der Waals surface area contributed by atoms with Crippen LogP contribution in [0, 0.1) is 0 Å². The van der Waals surface area contributed by atoms with Crippen LogP contribution in [0.2, 0.25) is 0 Å². The molecule has 0 heterocycles. The number of hydrazine groups is 1. The average molecular weight is 281 g/mol. The third-order valence-corrected chi connectivity index (χ3v) is 2.99. The molecule has 0 aliphatic heterocycles. The van der Waals surface area contributed by atoms with Crippen molar-refractivity contribution in [2.75, 3.05) is 40.0 Å². The number of para-hydroxylation sites is 1. The van der Waals surface area contributed by atoms with E-state index in [4.69, 9.17) is 15.3 Å². The summed E-state index contributed by atoms with van der Waals surface area (Å²) >= 11 is 0. The van der Waals surface area contributed by atoms with Gasteiger partial charge in [-0.15, -0.1) is 0 Å². The summed E-state index contributed by atoms with van der Waals surface area (Å²) in [6, 6.07) is 7.04. The van der Waals surface area contributed by atoms with E-state index in [1.54, 1.807) is 25.3 Å². The first-order valence-electron chi connectivity index (χ1n) is 6.67. The zero-order valence-corrected chi connectivity index (χ0v) is 12.1. The average Bonchev–Trinajstić information content (AvgIpc) is 2.50. The maximum absolute atomic E-state index is 11.6. The predicted molar refractivity (Wildman–Crippen MR) is 77.6 cm³/mol. The van der Waals surface area contributed by atoms with Gasteiger partial charge in [0.15, 0.2) is 0 Å². The molecule has 1 aromatic carbocycles. The molecule has 20 heavy (non-hydrogen) atoms. The molecule has 0 aromatic heterocycles. The van der Waals surface area contributed by atoms with E-state index in [1.165, 1.54) is 0 Å². The van der Waals surface area contributed by atoms with E-state index in [0.29, 0.717) is 24.5 Å². The summed E-state index contributed by atoms with van der Waals surface area (Å²) in [4.78, 5) is 13.8. The molecule has 0 atom stereocenters. The quantitative estimate of drug-likeness (QED) is 0.394. The summed E-state index contributed by atoms with van der Waals surface area (Å²) in [5.41, 5.74) is 2.55. The number of benzene rings is 1. The number of methoxy groups -OCH3 is 1. The van der Waals surface area contributed by atoms with Gasteiger partial charge in [0.1, 0.15) is 12.4 Å². The van der Waals surface area contributed by atoms with Gasteiger partial charge in [-0.25, -0.2) is 5.84 Å². The second-order valence-electron chi connectivity index (χ2n) is 4.25. The highest BCUT2D eigenvalue weighted by Crippen LogP contribution is 2.17. The SMILES string of the molecule is CCN(CCOC)CCOc1ccccc1C(=O)NN. The number of ether oxygens (including phenoxy) is 2. The molecule has 1 aromatic rings. The lowest BCUT2D eigenvalue weighted by molar-refractivity contribution is 0.0948. The zero-order valence-electron chi connectivity index (χ0n) is 12.1. The summed E-state index contributed by atoms with van der Waals surface area (Å²) in [5, 5.41) is 0.